The molecule has 2 nitrogen and oxygen atoms in total. The summed E-state index contributed by atoms with van der Waals surface area (Å²) in [4.78, 5) is 9.69. The Balaban J connectivity index is 2.54. The van der Waals surface area contributed by atoms with Crippen molar-refractivity contribution in [2.24, 2.45) is 0 Å². The SMILES string of the molecule is CCc1c(C)nc(-c2cc(Br)c(Cl)s2)nc1Cl. The molecule has 0 saturated heterocycles. The molecule has 6 heteroatoms. The van der Waals surface area contributed by atoms with E-state index in [-0.39, 0.29) is 0 Å². The van der Waals surface area contributed by atoms with Gasteiger partial charge in [-0.25, -0.2) is 9.97 Å². The molecule has 0 bridgehead atoms. The van der Waals surface area contributed by atoms with Crippen LogP contribution >= 0.6 is 50.5 Å². The molecule has 90 valence electrons. The third-order valence-electron chi connectivity index (χ3n) is 2.38. The number of halogens is 3. The van der Waals surface area contributed by atoms with E-state index < -0.39 is 0 Å². The molecule has 0 aliphatic carbocycles. The first kappa shape index (κ1) is 13.3. The van der Waals surface area contributed by atoms with Gasteiger partial charge in [0.1, 0.15) is 9.49 Å². The van der Waals surface area contributed by atoms with Gasteiger partial charge in [0.2, 0.25) is 0 Å². The van der Waals surface area contributed by atoms with E-state index in [2.05, 4.69) is 25.9 Å². The zero-order chi connectivity index (χ0) is 12.6. The van der Waals surface area contributed by atoms with E-state index in [1.807, 2.05) is 19.9 Å². The Morgan fingerprint density at radius 2 is 2.06 bits per heavy atom. The molecule has 17 heavy (non-hydrogen) atoms. The number of hydrogen-bond acceptors (Lipinski definition) is 3. The summed E-state index contributed by atoms with van der Waals surface area (Å²) in [5.74, 6) is 0.627. The van der Waals surface area contributed by atoms with Crippen molar-refractivity contribution in [1.82, 2.24) is 9.97 Å². The second kappa shape index (κ2) is 5.22. The highest BCUT2D eigenvalue weighted by Crippen LogP contribution is 2.37. The average molecular weight is 352 g/mol. The molecule has 0 aliphatic heterocycles. The van der Waals surface area contributed by atoms with Crippen LogP contribution < -0.4 is 0 Å². The van der Waals surface area contributed by atoms with Crippen molar-refractivity contribution >= 4 is 50.5 Å². The maximum absolute atomic E-state index is 6.14. The molecule has 2 aromatic rings. The molecule has 0 fully saturated rings. The largest absolute Gasteiger partial charge is 0.232 e. The van der Waals surface area contributed by atoms with Gasteiger partial charge in [-0.2, -0.15) is 0 Å². The summed E-state index contributed by atoms with van der Waals surface area (Å²) in [6.45, 7) is 3.98. The summed E-state index contributed by atoms with van der Waals surface area (Å²) >= 11 is 16.9. The number of nitrogens with zero attached hydrogens (tertiary/aromatic N) is 2. The number of thiophene rings is 1. The van der Waals surface area contributed by atoms with Gasteiger partial charge in [-0.1, -0.05) is 30.1 Å². The Morgan fingerprint density at radius 3 is 2.53 bits per heavy atom. The molecule has 2 rings (SSSR count). The maximum atomic E-state index is 6.14. The van der Waals surface area contributed by atoms with E-state index >= 15 is 0 Å². The fourth-order valence-corrected chi connectivity index (χ4v) is 3.52. The van der Waals surface area contributed by atoms with Crippen LogP contribution in [-0.2, 0) is 6.42 Å². The maximum Gasteiger partial charge on any atom is 0.171 e. The van der Waals surface area contributed by atoms with Gasteiger partial charge in [-0.15, -0.1) is 11.3 Å². The first-order valence-corrected chi connectivity index (χ1v) is 7.37. The van der Waals surface area contributed by atoms with Crippen LogP contribution in [0.2, 0.25) is 9.49 Å². The average Bonchev–Trinajstić information content (AvgIpc) is 2.59. The third kappa shape index (κ3) is 2.65. The Hall–Kier alpha value is -0.160. The Kier molecular flexibility index (Phi) is 4.08. The highest BCUT2D eigenvalue weighted by molar-refractivity contribution is 9.10. The molecule has 2 heterocycles. The van der Waals surface area contributed by atoms with Crippen LogP contribution in [0.25, 0.3) is 10.7 Å². The lowest BCUT2D eigenvalue weighted by Gasteiger charge is -2.06. The summed E-state index contributed by atoms with van der Waals surface area (Å²) < 4.78 is 1.55. The quantitative estimate of drug-likeness (QED) is 0.699. The van der Waals surface area contributed by atoms with E-state index in [0.717, 1.165) is 27.0 Å². The van der Waals surface area contributed by atoms with Crippen molar-refractivity contribution < 1.29 is 0 Å². The van der Waals surface area contributed by atoms with Gasteiger partial charge in [-0.05, 0) is 35.3 Å². The molecule has 0 N–H and O–H groups in total. The Labute approximate surface area is 122 Å². The van der Waals surface area contributed by atoms with Crippen LogP contribution in [0.15, 0.2) is 10.5 Å². The first-order chi connectivity index (χ1) is 8.02. The van der Waals surface area contributed by atoms with Crippen molar-refractivity contribution in [3.63, 3.8) is 0 Å². The van der Waals surface area contributed by atoms with Gasteiger partial charge < -0.3 is 0 Å². The van der Waals surface area contributed by atoms with Gasteiger partial charge in [0.15, 0.2) is 5.82 Å². The van der Waals surface area contributed by atoms with Gasteiger partial charge in [0.05, 0.1) is 4.88 Å². The Bertz CT molecular complexity index is 526. The second-order valence-corrected chi connectivity index (χ2v) is 6.35. The summed E-state index contributed by atoms with van der Waals surface area (Å²) in [6, 6.07) is 1.91. The lowest BCUT2D eigenvalue weighted by atomic mass is 10.2. The smallest absolute Gasteiger partial charge is 0.171 e. The zero-order valence-corrected chi connectivity index (χ0v) is 13.1. The third-order valence-corrected chi connectivity index (χ3v) is 5.17. The topological polar surface area (TPSA) is 25.8 Å². The van der Waals surface area contributed by atoms with Crippen LogP contribution in [0.5, 0.6) is 0 Å². The van der Waals surface area contributed by atoms with Crippen molar-refractivity contribution in [3.8, 4) is 10.7 Å². The molecular formula is C11H9BrCl2N2S. The summed E-state index contributed by atoms with van der Waals surface area (Å²) in [5.41, 5.74) is 1.92. The molecular weight excluding hydrogens is 343 g/mol. The van der Waals surface area contributed by atoms with Crippen LogP contribution in [-0.4, -0.2) is 9.97 Å². The lowest BCUT2D eigenvalue weighted by molar-refractivity contribution is 1.00. The molecule has 0 aromatic carbocycles. The standard InChI is InChI=1S/C11H9BrCl2N2S/c1-3-6-5(2)15-11(16-9(6)13)8-4-7(12)10(14)17-8/h4H,3H2,1-2H3. The summed E-state index contributed by atoms with van der Waals surface area (Å²) in [5, 5.41) is 0.524. The number of hydrogen-bond donors (Lipinski definition) is 0. The van der Waals surface area contributed by atoms with E-state index in [9.17, 15) is 0 Å². The van der Waals surface area contributed by atoms with Crippen LogP contribution in [0.3, 0.4) is 0 Å². The Morgan fingerprint density at radius 1 is 1.35 bits per heavy atom. The van der Waals surface area contributed by atoms with Crippen molar-refractivity contribution in [2.75, 3.05) is 0 Å². The predicted molar refractivity (Wildman–Crippen MR) is 77.2 cm³/mol. The molecule has 0 radical (unpaired) electrons. The zero-order valence-electron chi connectivity index (χ0n) is 9.22. The van der Waals surface area contributed by atoms with Gasteiger partial charge >= 0.3 is 0 Å². The molecule has 0 aliphatic rings. The molecule has 0 amide bonds. The van der Waals surface area contributed by atoms with Gasteiger partial charge in [0, 0.05) is 15.7 Å². The van der Waals surface area contributed by atoms with E-state index in [4.69, 9.17) is 23.2 Å². The number of rotatable bonds is 2. The van der Waals surface area contributed by atoms with Crippen LogP contribution in [0.1, 0.15) is 18.2 Å². The van der Waals surface area contributed by atoms with Gasteiger partial charge in [-0.3, -0.25) is 0 Å². The van der Waals surface area contributed by atoms with Gasteiger partial charge in [0.25, 0.3) is 0 Å². The van der Waals surface area contributed by atoms with E-state index in [0.29, 0.717) is 15.3 Å². The van der Waals surface area contributed by atoms with Crippen molar-refractivity contribution in [2.45, 2.75) is 20.3 Å². The van der Waals surface area contributed by atoms with Crippen LogP contribution in [0.4, 0.5) is 0 Å². The minimum absolute atomic E-state index is 0.524. The van der Waals surface area contributed by atoms with Crippen molar-refractivity contribution in [3.05, 3.63) is 31.3 Å². The minimum Gasteiger partial charge on any atom is -0.232 e. The summed E-state index contributed by atoms with van der Waals surface area (Å²) in [7, 11) is 0. The normalized spacial score (nSPS) is 10.9. The fraction of sp³-hybridized carbons (Fsp3) is 0.273. The minimum atomic E-state index is 0.524. The van der Waals surface area contributed by atoms with Crippen molar-refractivity contribution in [1.29, 1.82) is 0 Å². The number of aryl methyl sites for hydroxylation is 1. The van der Waals surface area contributed by atoms with Crippen LogP contribution in [0, 0.1) is 6.92 Å². The molecule has 2 aromatic heterocycles. The van der Waals surface area contributed by atoms with E-state index in [1.165, 1.54) is 11.3 Å². The first-order valence-electron chi connectivity index (χ1n) is 5.01. The highest BCUT2D eigenvalue weighted by atomic mass is 79.9. The molecule has 0 saturated carbocycles. The number of aromatic nitrogens is 2. The monoisotopic (exact) mass is 350 g/mol. The molecule has 0 unspecified atom stereocenters. The lowest BCUT2D eigenvalue weighted by Crippen LogP contribution is -1.98. The highest BCUT2D eigenvalue weighted by Gasteiger charge is 2.13. The van der Waals surface area contributed by atoms with E-state index in [1.54, 1.807) is 0 Å². The predicted octanol–water partition coefficient (Wildman–Crippen LogP) is 5.15. The fourth-order valence-electron chi connectivity index (χ4n) is 1.53. The second-order valence-electron chi connectivity index (χ2n) is 3.49. The molecule has 0 spiro atoms. The molecule has 0 atom stereocenters. The summed E-state index contributed by atoms with van der Waals surface area (Å²) in [6.07, 6.45) is 0.833.